The van der Waals surface area contributed by atoms with Gasteiger partial charge < -0.3 is 9.59 Å². The van der Waals surface area contributed by atoms with Gasteiger partial charge in [0.05, 0.1) is 22.9 Å². The minimum absolute atomic E-state index is 0.388. The lowest BCUT2D eigenvalue weighted by Crippen LogP contribution is -2.04. The number of para-hydroxylation sites is 2. The summed E-state index contributed by atoms with van der Waals surface area (Å²) < 4.78 is 0. The molecule has 4 nitrogen and oxygen atoms in total. The SMILES string of the molecule is O=CC(C=O)c1cnc2ccccc2n1. The van der Waals surface area contributed by atoms with Gasteiger partial charge in [0.15, 0.2) is 0 Å². The van der Waals surface area contributed by atoms with E-state index in [9.17, 15) is 9.59 Å². The van der Waals surface area contributed by atoms with E-state index in [-0.39, 0.29) is 0 Å². The van der Waals surface area contributed by atoms with Crippen LogP contribution in [0.2, 0.25) is 0 Å². The molecule has 0 aliphatic heterocycles. The molecule has 0 saturated heterocycles. The molecular formula is C11H8N2O2. The first-order valence-corrected chi connectivity index (χ1v) is 4.47. The van der Waals surface area contributed by atoms with E-state index in [1.165, 1.54) is 6.20 Å². The molecule has 0 saturated carbocycles. The maximum Gasteiger partial charge on any atom is 0.136 e. The van der Waals surface area contributed by atoms with Gasteiger partial charge in [-0.15, -0.1) is 0 Å². The highest BCUT2D eigenvalue weighted by Crippen LogP contribution is 2.12. The van der Waals surface area contributed by atoms with Crippen molar-refractivity contribution in [3.63, 3.8) is 0 Å². The van der Waals surface area contributed by atoms with Gasteiger partial charge in [-0.2, -0.15) is 0 Å². The van der Waals surface area contributed by atoms with Gasteiger partial charge >= 0.3 is 0 Å². The first kappa shape index (κ1) is 9.45. The fourth-order valence-electron chi connectivity index (χ4n) is 1.30. The zero-order valence-corrected chi connectivity index (χ0v) is 7.83. The lowest BCUT2D eigenvalue weighted by molar-refractivity contribution is -0.116. The van der Waals surface area contributed by atoms with E-state index in [4.69, 9.17) is 0 Å². The summed E-state index contributed by atoms with van der Waals surface area (Å²) in [6, 6.07) is 7.30. The van der Waals surface area contributed by atoms with Crippen molar-refractivity contribution in [3.05, 3.63) is 36.2 Å². The van der Waals surface area contributed by atoms with E-state index in [0.717, 1.165) is 5.52 Å². The summed E-state index contributed by atoms with van der Waals surface area (Å²) >= 11 is 0. The molecule has 0 amide bonds. The number of nitrogens with zero attached hydrogens (tertiary/aromatic N) is 2. The predicted octanol–water partition coefficient (Wildman–Crippen LogP) is 1.11. The second-order valence-electron chi connectivity index (χ2n) is 3.08. The van der Waals surface area contributed by atoms with E-state index in [2.05, 4.69) is 9.97 Å². The Labute approximate surface area is 86.0 Å². The third-order valence-electron chi connectivity index (χ3n) is 2.10. The van der Waals surface area contributed by atoms with Gasteiger partial charge in [-0.3, -0.25) is 4.98 Å². The van der Waals surface area contributed by atoms with E-state index < -0.39 is 5.92 Å². The summed E-state index contributed by atoms with van der Waals surface area (Å²) in [5.74, 6) is -0.817. The molecule has 1 aromatic heterocycles. The van der Waals surface area contributed by atoms with Crippen molar-refractivity contribution in [3.8, 4) is 0 Å². The van der Waals surface area contributed by atoms with Crippen LogP contribution in [0.25, 0.3) is 11.0 Å². The van der Waals surface area contributed by atoms with Gasteiger partial charge in [0.25, 0.3) is 0 Å². The molecule has 0 bridgehead atoms. The van der Waals surface area contributed by atoms with Crippen molar-refractivity contribution in [1.82, 2.24) is 9.97 Å². The lowest BCUT2D eigenvalue weighted by atomic mass is 10.1. The molecule has 0 spiro atoms. The number of hydrogen-bond donors (Lipinski definition) is 0. The highest BCUT2D eigenvalue weighted by Gasteiger charge is 2.11. The molecule has 0 unspecified atom stereocenters. The Bertz CT molecular complexity index is 503. The summed E-state index contributed by atoms with van der Waals surface area (Å²) in [4.78, 5) is 29.5. The molecule has 1 heterocycles. The molecule has 74 valence electrons. The molecule has 0 atom stereocenters. The summed E-state index contributed by atoms with van der Waals surface area (Å²) in [6.07, 6.45) is 2.58. The molecule has 1 aromatic carbocycles. The van der Waals surface area contributed by atoms with Crippen LogP contribution in [-0.4, -0.2) is 22.5 Å². The highest BCUT2D eigenvalue weighted by molar-refractivity contribution is 5.85. The minimum Gasteiger partial charge on any atom is -0.302 e. The van der Waals surface area contributed by atoms with Gasteiger partial charge in [-0.05, 0) is 12.1 Å². The number of aromatic nitrogens is 2. The molecule has 2 rings (SSSR count). The van der Waals surface area contributed by atoms with Crippen molar-refractivity contribution >= 4 is 23.6 Å². The Hall–Kier alpha value is -2.10. The van der Waals surface area contributed by atoms with Crippen LogP contribution in [0, 0.1) is 0 Å². The number of hydrogen-bond acceptors (Lipinski definition) is 4. The van der Waals surface area contributed by atoms with Crippen LogP contribution in [0.5, 0.6) is 0 Å². The maximum absolute atomic E-state index is 10.6. The second kappa shape index (κ2) is 3.96. The van der Waals surface area contributed by atoms with Gasteiger partial charge in [-0.25, -0.2) is 4.98 Å². The van der Waals surface area contributed by atoms with Crippen LogP contribution >= 0.6 is 0 Å². The fourth-order valence-corrected chi connectivity index (χ4v) is 1.30. The molecule has 0 radical (unpaired) electrons. The second-order valence-corrected chi connectivity index (χ2v) is 3.08. The summed E-state index contributed by atoms with van der Waals surface area (Å²) in [7, 11) is 0. The van der Waals surface area contributed by atoms with Gasteiger partial charge in [0.1, 0.15) is 18.5 Å². The minimum atomic E-state index is -0.817. The number of benzene rings is 1. The van der Waals surface area contributed by atoms with Crippen LogP contribution in [0.3, 0.4) is 0 Å². The van der Waals surface area contributed by atoms with Crippen molar-refractivity contribution in [2.24, 2.45) is 0 Å². The van der Waals surface area contributed by atoms with E-state index >= 15 is 0 Å². The quantitative estimate of drug-likeness (QED) is 0.550. The molecule has 0 N–H and O–H groups in total. The van der Waals surface area contributed by atoms with Crippen LogP contribution in [-0.2, 0) is 9.59 Å². The number of carbonyl (C=O) groups is 2. The van der Waals surface area contributed by atoms with Crippen molar-refractivity contribution < 1.29 is 9.59 Å². The molecule has 15 heavy (non-hydrogen) atoms. The van der Waals surface area contributed by atoms with E-state index in [0.29, 0.717) is 23.8 Å². The van der Waals surface area contributed by atoms with Crippen molar-refractivity contribution in [1.29, 1.82) is 0 Å². The highest BCUT2D eigenvalue weighted by atomic mass is 16.1. The third-order valence-corrected chi connectivity index (χ3v) is 2.10. The lowest BCUT2D eigenvalue weighted by Gasteiger charge is -2.02. The normalized spacial score (nSPS) is 10.5. The zero-order chi connectivity index (χ0) is 10.7. The Morgan fingerprint density at radius 2 is 1.73 bits per heavy atom. The largest absolute Gasteiger partial charge is 0.302 e. The monoisotopic (exact) mass is 200 g/mol. The third kappa shape index (κ3) is 1.74. The first-order chi connectivity index (χ1) is 7.35. The first-order valence-electron chi connectivity index (χ1n) is 4.47. The fraction of sp³-hybridized carbons (Fsp3) is 0.0909. The number of fused-ring (bicyclic) bond motifs is 1. The average Bonchev–Trinajstić information content (AvgIpc) is 2.30. The topological polar surface area (TPSA) is 59.9 Å². The van der Waals surface area contributed by atoms with Crippen molar-refractivity contribution in [2.45, 2.75) is 5.92 Å². The summed E-state index contributed by atoms with van der Waals surface area (Å²) in [6.45, 7) is 0. The molecule has 0 aliphatic carbocycles. The predicted molar refractivity (Wildman–Crippen MR) is 54.4 cm³/mol. The maximum atomic E-state index is 10.6. The number of rotatable bonds is 3. The van der Waals surface area contributed by atoms with E-state index in [1.807, 2.05) is 18.2 Å². The van der Waals surface area contributed by atoms with Gasteiger partial charge in [-0.1, -0.05) is 12.1 Å². The number of carbonyl (C=O) groups excluding carboxylic acids is 2. The summed E-state index contributed by atoms with van der Waals surface area (Å²) in [5, 5.41) is 0. The molecule has 0 aliphatic rings. The standard InChI is InChI=1S/C11H8N2O2/c14-6-8(7-15)11-5-12-9-3-1-2-4-10(9)13-11/h1-8H. The Morgan fingerprint density at radius 1 is 1.07 bits per heavy atom. The van der Waals surface area contributed by atoms with Gasteiger partial charge in [0, 0.05) is 0 Å². The zero-order valence-electron chi connectivity index (χ0n) is 7.83. The Kier molecular flexibility index (Phi) is 2.49. The van der Waals surface area contributed by atoms with Crippen LogP contribution in [0.15, 0.2) is 30.5 Å². The Morgan fingerprint density at radius 3 is 2.40 bits per heavy atom. The van der Waals surface area contributed by atoms with Crippen molar-refractivity contribution in [2.75, 3.05) is 0 Å². The van der Waals surface area contributed by atoms with E-state index in [1.54, 1.807) is 6.07 Å². The average molecular weight is 200 g/mol. The van der Waals surface area contributed by atoms with Gasteiger partial charge in [0.2, 0.25) is 0 Å². The van der Waals surface area contributed by atoms with Crippen LogP contribution < -0.4 is 0 Å². The smallest absolute Gasteiger partial charge is 0.136 e. The summed E-state index contributed by atoms with van der Waals surface area (Å²) in [5.41, 5.74) is 1.82. The Balaban J connectivity index is 2.55. The van der Waals surface area contributed by atoms with Crippen LogP contribution in [0.1, 0.15) is 11.6 Å². The molecular weight excluding hydrogens is 192 g/mol. The number of aldehydes is 2. The van der Waals surface area contributed by atoms with Crippen LogP contribution in [0.4, 0.5) is 0 Å². The molecule has 2 aromatic rings. The molecule has 0 fully saturated rings. The molecule has 4 heteroatoms.